The lowest BCUT2D eigenvalue weighted by Crippen LogP contribution is -2.25. The molecule has 3 aromatic rings. The van der Waals surface area contributed by atoms with E-state index < -0.39 is 6.61 Å². The van der Waals surface area contributed by atoms with E-state index in [0.717, 1.165) is 35.0 Å². The summed E-state index contributed by atoms with van der Waals surface area (Å²) in [5.74, 6) is 0.988. The highest BCUT2D eigenvalue weighted by molar-refractivity contribution is 5.88. The third kappa shape index (κ3) is 4.31. The van der Waals surface area contributed by atoms with Crippen LogP contribution >= 0.6 is 0 Å². The van der Waals surface area contributed by atoms with Gasteiger partial charge in [-0.25, -0.2) is 4.98 Å². The summed E-state index contributed by atoms with van der Waals surface area (Å²) in [7, 11) is 1.41. The average molecular weight is 457 g/mol. The van der Waals surface area contributed by atoms with Gasteiger partial charge in [-0.15, -0.1) is 0 Å². The number of carbonyl (C=O) groups is 1. The van der Waals surface area contributed by atoms with Crippen molar-refractivity contribution in [2.24, 2.45) is 5.92 Å². The number of carbonyl (C=O) groups excluding carboxylic acids is 1. The highest BCUT2D eigenvalue weighted by atomic mass is 19.3. The van der Waals surface area contributed by atoms with Crippen molar-refractivity contribution in [2.75, 3.05) is 13.7 Å². The Labute approximate surface area is 189 Å². The summed E-state index contributed by atoms with van der Waals surface area (Å²) in [6.45, 7) is -0.375. The molecule has 1 amide bonds. The smallest absolute Gasteiger partial charge is 0.387 e. The number of aromatic nitrogens is 2. The molecule has 1 aromatic heterocycles. The molecule has 1 saturated heterocycles. The summed E-state index contributed by atoms with van der Waals surface area (Å²) in [5, 5.41) is 2.86. The zero-order valence-electron chi connectivity index (χ0n) is 18.4. The number of amides is 1. The summed E-state index contributed by atoms with van der Waals surface area (Å²) >= 11 is 0. The van der Waals surface area contributed by atoms with Crippen LogP contribution in [0.5, 0.6) is 17.2 Å². The lowest BCUT2D eigenvalue weighted by Gasteiger charge is -2.21. The Morgan fingerprint density at radius 1 is 1.09 bits per heavy atom. The Hall–Kier alpha value is -3.36. The van der Waals surface area contributed by atoms with Crippen LogP contribution in [0, 0.1) is 5.92 Å². The van der Waals surface area contributed by atoms with Crippen molar-refractivity contribution in [1.82, 2.24) is 14.9 Å². The van der Waals surface area contributed by atoms with E-state index in [2.05, 4.69) is 19.6 Å². The van der Waals surface area contributed by atoms with Crippen LogP contribution in [-0.2, 0) is 4.79 Å². The van der Waals surface area contributed by atoms with Crippen LogP contribution in [0.2, 0.25) is 0 Å². The van der Waals surface area contributed by atoms with Gasteiger partial charge in [-0.05, 0) is 55.2 Å². The Morgan fingerprint density at radius 2 is 1.88 bits per heavy atom. The first kappa shape index (κ1) is 21.5. The highest BCUT2D eigenvalue weighted by Crippen LogP contribution is 2.42. The van der Waals surface area contributed by atoms with Crippen LogP contribution in [-0.4, -0.2) is 41.8 Å². The van der Waals surface area contributed by atoms with Crippen molar-refractivity contribution in [3.05, 3.63) is 36.7 Å². The van der Waals surface area contributed by atoms with Crippen LogP contribution < -0.4 is 19.5 Å². The Morgan fingerprint density at radius 3 is 2.55 bits per heavy atom. The van der Waals surface area contributed by atoms with Crippen molar-refractivity contribution in [1.29, 1.82) is 0 Å². The van der Waals surface area contributed by atoms with Crippen LogP contribution in [0.15, 0.2) is 36.7 Å². The minimum Gasteiger partial charge on any atom is -0.493 e. The zero-order valence-corrected chi connectivity index (χ0v) is 18.4. The second-order valence-corrected chi connectivity index (χ2v) is 8.56. The van der Waals surface area contributed by atoms with E-state index in [0.29, 0.717) is 24.8 Å². The Bertz CT molecular complexity index is 1190. The predicted octanol–water partition coefficient (Wildman–Crippen LogP) is 4.55. The number of nitrogens with one attached hydrogen (secondary N) is 1. The molecular weight excluding hydrogens is 432 g/mol. The molecule has 2 atom stereocenters. The number of fused-ring (bicyclic) bond motifs is 1. The normalized spacial score (nSPS) is 19.1. The van der Waals surface area contributed by atoms with Crippen LogP contribution in [0.4, 0.5) is 8.78 Å². The van der Waals surface area contributed by atoms with Gasteiger partial charge in [0.2, 0.25) is 5.91 Å². The fourth-order valence-corrected chi connectivity index (χ4v) is 4.32. The molecule has 33 heavy (non-hydrogen) atoms. The topological polar surface area (TPSA) is 74.6 Å². The summed E-state index contributed by atoms with van der Waals surface area (Å²) in [4.78, 5) is 16.3. The molecule has 0 radical (unpaired) electrons. The summed E-state index contributed by atoms with van der Waals surface area (Å²) < 4.78 is 43.8. The fraction of sp³-hybridized carbons (Fsp3) is 0.417. The molecule has 2 heterocycles. The zero-order chi connectivity index (χ0) is 23.1. The molecule has 9 heteroatoms. The van der Waals surface area contributed by atoms with E-state index >= 15 is 0 Å². The van der Waals surface area contributed by atoms with Gasteiger partial charge in [0.05, 0.1) is 19.0 Å². The first-order chi connectivity index (χ1) is 15.9. The SMILES string of the molecule is COc1cc(-c2cc(OC(C)[C@H]3CNC(=O)C3)c3c(c2)ncn3C2CC2)ccc1OC(F)F. The summed E-state index contributed by atoms with van der Waals surface area (Å²) in [6.07, 6.45) is 4.30. The number of methoxy groups -OCH3 is 1. The number of benzene rings is 2. The van der Waals surface area contributed by atoms with E-state index in [-0.39, 0.29) is 29.4 Å². The average Bonchev–Trinajstić information content (AvgIpc) is 3.39. The minimum atomic E-state index is -2.94. The predicted molar refractivity (Wildman–Crippen MR) is 118 cm³/mol. The number of ether oxygens (including phenoxy) is 3. The summed E-state index contributed by atoms with van der Waals surface area (Å²) in [6, 6.07) is 9.13. The monoisotopic (exact) mass is 457 g/mol. The molecule has 2 fully saturated rings. The largest absolute Gasteiger partial charge is 0.493 e. The molecule has 0 spiro atoms. The van der Waals surface area contributed by atoms with Gasteiger partial charge in [0.25, 0.3) is 0 Å². The van der Waals surface area contributed by atoms with Crippen LogP contribution in [0.3, 0.4) is 0 Å². The van der Waals surface area contributed by atoms with E-state index in [1.807, 2.05) is 25.4 Å². The molecule has 174 valence electrons. The molecule has 1 aliphatic carbocycles. The first-order valence-electron chi connectivity index (χ1n) is 11.0. The number of hydrogen-bond donors (Lipinski definition) is 1. The summed E-state index contributed by atoms with van der Waals surface area (Å²) in [5.41, 5.74) is 3.28. The molecule has 1 saturated carbocycles. The van der Waals surface area contributed by atoms with Gasteiger partial charge in [-0.2, -0.15) is 8.78 Å². The fourth-order valence-electron chi connectivity index (χ4n) is 4.32. The van der Waals surface area contributed by atoms with E-state index in [1.165, 1.54) is 13.2 Å². The third-order valence-corrected chi connectivity index (χ3v) is 6.27. The third-order valence-electron chi connectivity index (χ3n) is 6.27. The number of rotatable bonds is 8. The van der Waals surface area contributed by atoms with Crippen molar-refractivity contribution in [3.8, 4) is 28.4 Å². The molecule has 1 N–H and O–H groups in total. The quantitative estimate of drug-likeness (QED) is 0.537. The number of nitrogens with zero attached hydrogens (tertiary/aromatic N) is 2. The van der Waals surface area contributed by atoms with Gasteiger partial charge in [0.1, 0.15) is 17.4 Å². The standard InChI is InChI=1S/C24H25F2N3O4/c1-13(16-10-22(30)27-11-16)32-21-9-15(7-18-23(21)29(12-28-18)17-4-5-17)14-3-6-19(33-24(25)26)20(8-14)31-2/h3,6-9,12-13,16-17,24H,4-5,10-11H2,1-2H3,(H,27,30)/t13?,16-/m1/s1. The molecule has 1 aliphatic heterocycles. The maximum Gasteiger partial charge on any atom is 0.387 e. The van der Waals surface area contributed by atoms with Gasteiger partial charge < -0.3 is 24.1 Å². The maximum absolute atomic E-state index is 12.7. The van der Waals surface area contributed by atoms with Gasteiger partial charge >= 0.3 is 6.61 Å². The Balaban J connectivity index is 1.54. The van der Waals surface area contributed by atoms with Crippen molar-refractivity contribution in [3.63, 3.8) is 0 Å². The molecular formula is C24H25F2N3O4. The molecule has 5 rings (SSSR count). The van der Waals surface area contributed by atoms with Crippen molar-refractivity contribution >= 4 is 16.9 Å². The number of halogens is 2. The van der Waals surface area contributed by atoms with Gasteiger partial charge in [0.15, 0.2) is 11.5 Å². The van der Waals surface area contributed by atoms with Crippen LogP contribution in [0.25, 0.3) is 22.2 Å². The first-order valence-corrected chi connectivity index (χ1v) is 11.0. The number of alkyl halides is 2. The molecule has 7 nitrogen and oxygen atoms in total. The van der Waals surface area contributed by atoms with Crippen LogP contribution in [0.1, 0.15) is 32.2 Å². The van der Waals surface area contributed by atoms with E-state index in [9.17, 15) is 13.6 Å². The molecule has 1 unspecified atom stereocenters. The van der Waals surface area contributed by atoms with Gasteiger partial charge in [-0.3, -0.25) is 4.79 Å². The van der Waals surface area contributed by atoms with Crippen molar-refractivity contribution < 1.29 is 27.8 Å². The second-order valence-electron chi connectivity index (χ2n) is 8.56. The van der Waals surface area contributed by atoms with E-state index in [4.69, 9.17) is 9.47 Å². The number of hydrogen-bond acceptors (Lipinski definition) is 5. The lowest BCUT2D eigenvalue weighted by atomic mass is 10.0. The lowest BCUT2D eigenvalue weighted by molar-refractivity contribution is -0.119. The maximum atomic E-state index is 12.7. The second kappa shape index (κ2) is 8.53. The van der Waals surface area contributed by atoms with Crippen molar-refractivity contribution in [2.45, 2.75) is 44.9 Å². The van der Waals surface area contributed by atoms with Gasteiger partial charge in [-0.1, -0.05) is 6.07 Å². The van der Waals surface area contributed by atoms with Gasteiger partial charge in [0, 0.05) is 24.9 Å². The Kier molecular flexibility index (Phi) is 5.55. The number of imidazole rings is 1. The molecule has 2 aromatic carbocycles. The minimum absolute atomic E-state index is 0.0289. The highest BCUT2D eigenvalue weighted by Gasteiger charge is 2.30. The molecule has 0 bridgehead atoms. The van der Waals surface area contributed by atoms with E-state index in [1.54, 1.807) is 12.1 Å². The molecule has 2 aliphatic rings.